The lowest BCUT2D eigenvalue weighted by molar-refractivity contribution is -0.135. The number of hydrogen-bond acceptors (Lipinski definition) is 2. The van der Waals surface area contributed by atoms with Crippen LogP contribution in [-0.2, 0) is 9.59 Å². The normalized spacial score (nSPS) is 13.4. The van der Waals surface area contributed by atoms with E-state index in [0.717, 1.165) is 6.42 Å². The number of rotatable bonds is 7. The zero-order valence-corrected chi connectivity index (χ0v) is 14.4. The van der Waals surface area contributed by atoms with Crippen LogP contribution in [0.3, 0.4) is 0 Å². The van der Waals surface area contributed by atoms with Gasteiger partial charge in [-0.05, 0) is 32.6 Å². The number of hydrogen-bond donors (Lipinski definition) is 2. The van der Waals surface area contributed by atoms with E-state index in [1.807, 2.05) is 27.7 Å². The summed E-state index contributed by atoms with van der Waals surface area (Å²) in [6.07, 6.45) is 1.34. The summed E-state index contributed by atoms with van der Waals surface area (Å²) in [7, 11) is 0. The molecule has 0 unspecified atom stereocenters. The highest BCUT2D eigenvalue weighted by molar-refractivity contribution is 5.85. The highest BCUT2D eigenvalue weighted by atomic mass is 16.2. The second kappa shape index (κ2) is 6.15. The molecule has 0 rings (SSSR count). The Labute approximate surface area is 123 Å². The van der Waals surface area contributed by atoms with Crippen LogP contribution in [0.2, 0.25) is 0 Å². The average Bonchev–Trinajstić information content (AvgIpc) is 2.11. The van der Waals surface area contributed by atoms with Gasteiger partial charge < -0.3 is 11.1 Å². The Kier molecular flexibility index (Phi) is 5.82. The third-order valence-corrected chi connectivity index (χ3v) is 3.54. The maximum absolute atomic E-state index is 12.5. The van der Waals surface area contributed by atoms with Crippen molar-refractivity contribution < 1.29 is 9.59 Å². The molecule has 0 saturated carbocycles. The molecule has 0 atom stereocenters. The van der Waals surface area contributed by atoms with Crippen molar-refractivity contribution in [1.82, 2.24) is 5.32 Å². The van der Waals surface area contributed by atoms with Gasteiger partial charge in [-0.1, -0.05) is 41.5 Å². The molecule has 2 amide bonds. The van der Waals surface area contributed by atoms with Crippen LogP contribution in [0.1, 0.15) is 68.2 Å². The molecule has 4 nitrogen and oxygen atoms in total. The Hall–Kier alpha value is -1.06. The monoisotopic (exact) mass is 284 g/mol. The summed E-state index contributed by atoms with van der Waals surface area (Å²) in [6.45, 7) is 15.6. The van der Waals surface area contributed by atoms with Gasteiger partial charge in [-0.15, -0.1) is 0 Å². The first-order valence-corrected chi connectivity index (χ1v) is 7.32. The second-order valence-electron chi connectivity index (χ2n) is 8.24. The van der Waals surface area contributed by atoms with E-state index in [1.165, 1.54) is 0 Å². The summed E-state index contributed by atoms with van der Waals surface area (Å²) >= 11 is 0. The topological polar surface area (TPSA) is 72.2 Å². The van der Waals surface area contributed by atoms with Gasteiger partial charge in [-0.25, -0.2) is 0 Å². The van der Waals surface area contributed by atoms with Crippen molar-refractivity contribution in [1.29, 1.82) is 0 Å². The molecular weight excluding hydrogens is 252 g/mol. The van der Waals surface area contributed by atoms with Gasteiger partial charge in [0, 0.05) is 16.4 Å². The molecule has 0 aliphatic rings. The molecule has 0 radical (unpaired) electrons. The van der Waals surface area contributed by atoms with E-state index < -0.39 is 10.8 Å². The minimum absolute atomic E-state index is 0.0301. The third-order valence-electron chi connectivity index (χ3n) is 3.54. The number of carbonyl (C=O) groups is 2. The molecule has 0 bridgehead atoms. The molecule has 4 heteroatoms. The second-order valence-corrected chi connectivity index (χ2v) is 8.24. The first-order valence-electron chi connectivity index (χ1n) is 7.32. The quantitative estimate of drug-likeness (QED) is 0.754. The molecule has 0 spiro atoms. The number of carbonyl (C=O) groups excluding carboxylic acids is 2. The predicted octanol–water partition coefficient (Wildman–Crippen LogP) is 2.86. The van der Waals surface area contributed by atoms with E-state index >= 15 is 0 Å². The van der Waals surface area contributed by atoms with Crippen molar-refractivity contribution in [2.24, 2.45) is 22.5 Å². The Balaban J connectivity index is 4.87. The Bertz CT molecular complexity index is 369. The Morgan fingerprint density at radius 1 is 1.00 bits per heavy atom. The van der Waals surface area contributed by atoms with E-state index in [-0.39, 0.29) is 17.4 Å². The molecule has 0 heterocycles. The van der Waals surface area contributed by atoms with Crippen LogP contribution >= 0.6 is 0 Å². The maximum atomic E-state index is 12.5. The van der Waals surface area contributed by atoms with Crippen LogP contribution in [-0.4, -0.2) is 17.4 Å². The fraction of sp³-hybridized carbons (Fsp3) is 0.875. The standard InChI is InChI=1S/C16H32N2O2/c1-11(2)9-16(7,8)18-13(20)15(5,6)10-14(3,4)12(17)19/h11H,9-10H2,1-8H3,(H2,17,19)(H,18,20). The van der Waals surface area contributed by atoms with Crippen molar-refractivity contribution in [3.8, 4) is 0 Å². The molecule has 0 aromatic rings. The molecule has 0 saturated heterocycles. The van der Waals surface area contributed by atoms with Crippen LogP contribution in [0, 0.1) is 16.7 Å². The summed E-state index contributed by atoms with van der Waals surface area (Å²) < 4.78 is 0. The van der Waals surface area contributed by atoms with Crippen LogP contribution in [0.5, 0.6) is 0 Å². The molecule has 0 aliphatic heterocycles. The highest BCUT2D eigenvalue weighted by Crippen LogP contribution is 2.34. The summed E-state index contributed by atoms with van der Waals surface area (Å²) in [6, 6.07) is 0. The van der Waals surface area contributed by atoms with Gasteiger partial charge >= 0.3 is 0 Å². The van der Waals surface area contributed by atoms with Crippen LogP contribution in [0.4, 0.5) is 0 Å². The van der Waals surface area contributed by atoms with E-state index in [4.69, 9.17) is 5.73 Å². The maximum Gasteiger partial charge on any atom is 0.226 e. The largest absolute Gasteiger partial charge is 0.369 e. The summed E-state index contributed by atoms with van der Waals surface area (Å²) in [4.78, 5) is 23.9. The van der Waals surface area contributed by atoms with Crippen molar-refractivity contribution >= 4 is 11.8 Å². The van der Waals surface area contributed by atoms with Gasteiger partial charge in [0.1, 0.15) is 0 Å². The van der Waals surface area contributed by atoms with Gasteiger partial charge in [0.05, 0.1) is 0 Å². The minimum Gasteiger partial charge on any atom is -0.369 e. The summed E-state index contributed by atoms with van der Waals surface area (Å²) in [5.41, 5.74) is 3.83. The van der Waals surface area contributed by atoms with Gasteiger partial charge in [0.25, 0.3) is 0 Å². The summed E-state index contributed by atoms with van der Waals surface area (Å²) in [5.74, 6) is 0.104. The first-order chi connectivity index (χ1) is 8.69. The third kappa shape index (κ3) is 5.93. The predicted molar refractivity (Wildman–Crippen MR) is 83.1 cm³/mol. The molecular formula is C16H32N2O2. The minimum atomic E-state index is -0.691. The van der Waals surface area contributed by atoms with Gasteiger partial charge in [0.2, 0.25) is 11.8 Å². The number of nitrogens with one attached hydrogen (secondary N) is 1. The van der Waals surface area contributed by atoms with E-state index in [0.29, 0.717) is 12.3 Å². The van der Waals surface area contributed by atoms with Crippen molar-refractivity contribution in [2.75, 3.05) is 0 Å². The number of nitrogens with two attached hydrogens (primary N) is 1. The molecule has 118 valence electrons. The zero-order chi connectivity index (χ0) is 16.4. The highest BCUT2D eigenvalue weighted by Gasteiger charge is 2.39. The van der Waals surface area contributed by atoms with Gasteiger partial charge in [-0.3, -0.25) is 9.59 Å². The van der Waals surface area contributed by atoms with Crippen molar-refractivity contribution in [3.05, 3.63) is 0 Å². The molecule has 20 heavy (non-hydrogen) atoms. The molecule has 0 fully saturated rings. The van der Waals surface area contributed by atoms with Gasteiger partial charge in [-0.2, -0.15) is 0 Å². The van der Waals surface area contributed by atoms with Crippen molar-refractivity contribution in [3.63, 3.8) is 0 Å². The average molecular weight is 284 g/mol. The fourth-order valence-electron chi connectivity index (χ4n) is 2.82. The SMILES string of the molecule is CC(C)CC(C)(C)NC(=O)C(C)(C)CC(C)(C)C(N)=O. The van der Waals surface area contributed by atoms with E-state index in [9.17, 15) is 9.59 Å². The lowest BCUT2D eigenvalue weighted by Gasteiger charge is -2.36. The smallest absolute Gasteiger partial charge is 0.226 e. The lowest BCUT2D eigenvalue weighted by atomic mass is 9.73. The van der Waals surface area contributed by atoms with E-state index in [2.05, 4.69) is 19.2 Å². The van der Waals surface area contributed by atoms with Crippen LogP contribution in [0.25, 0.3) is 0 Å². The number of primary amides is 1. The molecule has 0 aliphatic carbocycles. The molecule has 0 aromatic heterocycles. The molecule has 0 aromatic carbocycles. The van der Waals surface area contributed by atoms with E-state index in [1.54, 1.807) is 13.8 Å². The fourth-order valence-corrected chi connectivity index (χ4v) is 2.82. The Morgan fingerprint density at radius 3 is 1.80 bits per heavy atom. The first kappa shape index (κ1) is 18.9. The molecule has 3 N–H and O–H groups in total. The Morgan fingerprint density at radius 2 is 1.45 bits per heavy atom. The lowest BCUT2D eigenvalue weighted by Crippen LogP contribution is -2.51. The van der Waals surface area contributed by atoms with Crippen LogP contribution in [0.15, 0.2) is 0 Å². The number of amides is 2. The van der Waals surface area contributed by atoms with Gasteiger partial charge in [0.15, 0.2) is 0 Å². The van der Waals surface area contributed by atoms with Crippen LogP contribution < -0.4 is 11.1 Å². The zero-order valence-electron chi connectivity index (χ0n) is 14.4. The summed E-state index contributed by atoms with van der Waals surface area (Å²) in [5, 5.41) is 3.10. The van der Waals surface area contributed by atoms with Crippen molar-refractivity contribution in [2.45, 2.75) is 73.8 Å².